The first-order valence-corrected chi connectivity index (χ1v) is 8.88. The van der Waals surface area contributed by atoms with Gasteiger partial charge in [0.15, 0.2) is 0 Å². The zero-order valence-corrected chi connectivity index (χ0v) is 14.5. The van der Waals surface area contributed by atoms with Crippen LogP contribution >= 0.6 is 11.6 Å². The largest absolute Gasteiger partial charge is 0.417 e. The van der Waals surface area contributed by atoms with Crippen LogP contribution in [0.5, 0.6) is 0 Å². The van der Waals surface area contributed by atoms with Crippen LogP contribution in [-0.4, -0.2) is 14.3 Å². The predicted molar refractivity (Wildman–Crippen MR) is 91.9 cm³/mol. The first-order chi connectivity index (χ1) is 12.0. The molecule has 0 aliphatic rings. The molecule has 1 amide bonds. The van der Waals surface area contributed by atoms with Crippen molar-refractivity contribution < 1.29 is 26.4 Å². The number of sulfonamides is 1. The van der Waals surface area contributed by atoms with Gasteiger partial charge in [-0.1, -0.05) is 23.7 Å². The highest BCUT2D eigenvalue weighted by Gasteiger charge is 2.33. The summed E-state index contributed by atoms with van der Waals surface area (Å²) >= 11 is 5.52. The van der Waals surface area contributed by atoms with Crippen molar-refractivity contribution in [3.8, 4) is 0 Å². The third kappa shape index (κ3) is 5.32. The molecule has 0 saturated carbocycles. The number of amides is 1. The number of hydrogen-bond donors (Lipinski definition) is 2. The molecule has 0 aliphatic carbocycles. The second-order valence-corrected chi connectivity index (χ2v) is 7.10. The lowest BCUT2D eigenvalue weighted by atomic mass is 10.1. The Balaban J connectivity index is 2.16. The van der Waals surface area contributed by atoms with Gasteiger partial charge in [0.25, 0.3) is 0 Å². The average molecular weight is 405 g/mol. The van der Waals surface area contributed by atoms with E-state index in [-0.39, 0.29) is 16.1 Å². The van der Waals surface area contributed by atoms with Crippen molar-refractivity contribution in [2.75, 3.05) is 5.32 Å². The van der Waals surface area contributed by atoms with Crippen molar-refractivity contribution in [3.63, 3.8) is 0 Å². The van der Waals surface area contributed by atoms with Gasteiger partial charge in [-0.25, -0.2) is 13.6 Å². The van der Waals surface area contributed by atoms with E-state index in [2.05, 4.69) is 5.32 Å². The van der Waals surface area contributed by atoms with Crippen LogP contribution in [0.15, 0.2) is 53.4 Å². The van der Waals surface area contributed by atoms with Gasteiger partial charge in [-0.05, 0) is 42.0 Å². The van der Waals surface area contributed by atoms with E-state index in [9.17, 15) is 26.4 Å². The fourth-order valence-corrected chi connectivity index (χ4v) is 2.75. The number of anilines is 1. The summed E-state index contributed by atoms with van der Waals surface area (Å²) in [6.45, 7) is 0. The van der Waals surface area contributed by atoms with Gasteiger partial charge >= 0.3 is 6.18 Å². The van der Waals surface area contributed by atoms with Crippen molar-refractivity contribution in [1.29, 1.82) is 0 Å². The molecule has 10 heteroatoms. The van der Waals surface area contributed by atoms with Gasteiger partial charge in [-0.15, -0.1) is 0 Å². The Labute approximate surface area is 152 Å². The minimum atomic E-state index is -4.61. The lowest BCUT2D eigenvalue weighted by molar-refractivity contribution is -0.137. The zero-order chi connectivity index (χ0) is 19.5. The van der Waals surface area contributed by atoms with E-state index in [1.807, 2.05) is 0 Å². The molecule has 2 rings (SSSR count). The van der Waals surface area contributed by atoms with E-state index < -0.39 is 32.7 Å². The summed E-state index contributed by atoms with van der Waals surface area (Å²) < 4.78 is 60.9. The van der Waals surface area contributed by atoms with E-state index in [4.69, 9.17) is 16.7 Å². The van der Waals surface area contributed by atoms with Gasteiger partial charge in [-0.3, -0.25) is 4.79 Å². The molecule has 0 aliphatic heterocycles. The first-order valence-electron chi connectivity index (χ1n) is 6.95. The maximum atomic E-state index is 12.8. The maximum Gasteiger partial charge on any atom is 0.417 e. The van der Waals surface area contributed by atoms with Gasteiger partial charge in [0, 0.05) is 11.8 Å². The number of nitrogens with one attached hydrogen (secondary N) is 1. The van der Waals surface area contributed by atoms with Gasteiger partial charge < -0.3 is 5.32 Å². The molecule has 2 aromatic rings. The first kappa shape index (κ1) is 20.0. The lowest BCUT2D eigenvalue weighted by Crippen LogP contribution is -2.13. The number of primary sulfonamides is 1. The molecule has 3 N–H and O–H groups in total. The molecular formula is C16H12ClF3N2O3S. The monoisotopic (exact) mass is 404 g/mol. The summed E-state index contributed by atoms with van der Waals surface area (Å²) in [7, 11) is -3.93. The van der Waals surface area contributed by atoms with Crippen LogP contribution in [0, 0.1) is 0 Å². The van der Waals surface area contributed by atoms with Crippen LogP contribution in [0.2, 0.25) is 5.02 Å². The van der Waals surface area contributed by atoms with Gasteiger partial charge in [-0.2, -0.15) is 13.2 Å². The number of benzene rings is 2. The summed E-state index contributed by atoms with van der Waals surface area (Å²) in [5, 5.41) is 6.94. The molecule has 0 heterocycles. The Morgan fingerprint density at radius 2 is 1.85 bits per heavy atom. The van der Waals surface area contributed by atoms with E-state index in [0.29, 0.717) is 0 Å². The smallest absolute Gasteiger partial charge is 0.322 e. The van der Waals surface area contributed by atoms with Gasteiger partial charge in [0.2, 0.25) is 15.9 Å². The van der Waals surface area contributed by atoms with Crippen LogP contribution in [0.3, 0.4) is 0 Å². The van der Waals surface area contributed by atoms with Crippen LogP contribution in [0.4, 0.5) is 18.9 Å². The van der Waals surface area contributed by atoms with E-state index in [1.54, 1.807) is 0 Å². The van der Waals surface area contributed by atoms with Crippen molar-refractivity contribution in [2.24, 2.45) is 5.14 Å². The van der Waals surface area contributed by atoms with Crippen molar-refractivity contribution in [1.82, 2.24) is 0 Å². The summed E-state index contributed by atoms with van der Waals surface area (Å²) in [6.07, 6.45) is -2.44. The Morgan fingerprint density at radius 3 is 2.46 bits per heavy atom. The Morgan fingerprint density at radius 1 is 1.15 bits per heavy atom. The van der Waals surface area contributed by atoms with Crippen LogP contribution < -0.4 is 10.5 Å². The van der Waals surface area contributed by atoms with Crippen molar-refractivity contribution in [3.05, 3.63) is 64.7 Å². The molecule has 5 nitrogen and oxygen atoms in total. The van der Waals surface area contributed by atoms with Crippen molar-refractivity contribution >= 4 is 39.3 Å². The van der Waals surface area contributed by atoms with E-state index in [0.717, 1.165) is 24.3 Å². The number of hydrogen-bond acceptors (Lipinski definition) is 3. The van der Waals surface area contributed by atoms with Crippen LogP contribution in [-0.2, 0) is 21.0 Å². The number of alkyl halides is 3. The molecule has 0 aromatic heterocycles. The Kier molecular flexibility index (Phi) is 5.74. The maximum absolute atomic E-state index is 12.8. The summed E-state index contributed by atoms with van der Waals surface area (Å²) in [5.74, 6) is -0.667. The van der Waals surface area contributed by atoms with Gasteiger partial charge in [0.1, 0.15) is 0 Å². The SMILES string of the molecule is NS(=O)(=O)c1cccc(NC(=O)/C=C/c2ccc(Cl)c(C(F)(F)F)c2)c1. The molecule has 0 bridgehead atoms. The Hall–Kier alpha value is -2.36. The third-order valence-electron chi connectivity index (χ3n) is 3.15. The molecule has 0 fully saturated rings. The number of nitrogens with two attached hydrogens (primary N) is 1. The normalized spacial score (nSPS) is 12.3. The summed E-state index contributed by atoms with van der Waals surface area (Å²) in [4.78, 5) is 11.7. The summed E-state index contributed by atoms with van der Waals surface area (Å²) in [5.41, 5.74) is -0.726. The van der Waals surface area contributed by atoms with Crippen LogP contribution in [0.1, 0.15) is 11.1 Å². The van der Waals surface area contributed by atoms with E-state index >= 15 is 0 Å². The number of halogens is 4. The molecule has 0 radical (unpaired) electrons. The molecule has 138 valence electrons. The quantitative estimate of drug-likeness (QED) is 0.762. The molecule has 0 spiro atoms. The van der Waals surface area contributed by atoms with Crippen molar-refractivity contribution in [2.45, 2.75) is 11.1 Å². The molecule has 2 aromatic carbocycles. The molecule has 0 atom stereocenters. The lowest BCUT2D eigenvalue weighted by Gasteiger charge is -2.09. The molecular weight excluding hydrogens is 393 g/mol. The second-order valence-electron chi connectivity index (χ2n) is 5.13. The molecule has 0 saturated heterocycles. The molecule has 26 heavy (non-hydrogen) atoms. The number of carbonyl (C=O) groups is 1. The minimum Gasteiger partial charge on any atom is -0.322 e. The highest BCUT2D eigenvalue weighted by atomic mass is 35.5. The molecule has 0 unspecified atom stereocenters. The minimum absolute atomic E-state index is 0.121. The highest BCUT2D eigenvalue weighted by Crippen LogP contribution is 2.35. The predicted octanol–water partition coefficient (Wildman–Crippen LogP) is 3.66. The highest BCUT2D eigenvalue weighted by molar-refractivity contribution is 7.89. The third-order valence-corrected chi connectivity index (χ3v) is 4.39. The fraction of sp³-hybridized carbons (Fsp3) is 0.0625. The topological polar surface area (TPSA) is 89.3 Å². The standard InChI is InChI=1S/C16H12ClF3N2O3S/c17-14-6-4-10(8-13(14)16(18,19)20)5-7-15(23)22-11-2-1-3-12(9-11)26(21,24)25/h1-9H,(H,22,23)(H2,21,24,25)/b7-5+. The summed E-state index contributed by atoms with van der Waals surface area (Å²) in [6, 6.07) is 8.45. The number of rotatable bonds is 4. The fourth-order valence-electron chi connectivity index (χ4n) is 1.97. The van der Waals surface area contributed by atoms with Crippen LogP contribution in [0.25, 0.3) is 6.08 Å². The van der Waals surface area contributed by atoms with Gasteiger partial charge in [0.05, 0.1) is 15.5 Å². The zero-order valence-electron chi connectivity index (χ0n) is 12.9. The average Bonchev–Trinajstić information content (AvgIpc) is 2.52. The Bertz CT molecular complexity index is 973. The van der Waals surface area contributed by atoms with E-state index in [1.165, 1.54) is 30.3 Å². The second kappa shape index (κ2) is 7.48. The number of carbonyl (C=O) groups excluding carboxylic acids is 1.